The lowest BCUT2D eigenvalue weighted by molar-refractivity contribution is 0.0982. The van der Waals surface area contributed by atoms with Gasteiger partial charge in [0.2, 0.25) is 5.16 Å². The van der Waals surface area contributed by atoms with Gasteiger partial charge in [-0.2, -0.15) is 0 Å². The minimum atomic E-state index is 0.166. The van der Waals surface area contributed by atoms with Gasteiger partial charge in [0.25, 0.3) is 0 Å². The summed E-state index contributed by atoms with van der Waals surface area (Å²) in [4.78, 5) is 13.0. The van der Waals surface area contributed by atoms with E-state index in [2.05, 4.69) is 10.2 Å². The smallest absolute Gasteiger partial charge is 0.210 e. The number of benzene rings is 1. The summed E-state index contributed by atoms with van der Waals surface area (Å²) in [5.41, 5.74) is 0.763. The van der Waals surface area contributed by atoms with E-state index in [0.717, 1.165) is 22.6 Å². The second kappa shape index (κ2) is 7.43. The summed E-state index contributed by atoms with van der Waals surface area (Å²) in [5, 5.41) is 10.9. The van der Waals surface area contributed by atoms with Crippen LogP contribution in [0.4, 0.5) is 0 Å². The number of nitrogens with zero attached hydrogens (tertiary/aromatic N) is 3. The number of carbonyl (C=O) groups is 1. The van der Waals surface area contributed by atoms with E-state index in [-0.39, 0.29) is 5.78 Å². The molecule has 3 rings (SSSR count). The molecular formula is C16H16N4OS2. The van der Waals surface area contributed by atoms with Gasteiger partial charge < -0.3 is 5.84 Å². The SMILES string of the molecule is Nn1c(SCCCC(=O)c2ccccc2)nnc1-c1cccs1. The zero-order valence-corrected chi connectivity index (χ0v) is 14.0. The molecule has 0 radical (unpaired) electrons. The van der Waals surface area contributed by atoms with Crippen molar-refractivity contribution in [2.75, 3.05) is 11.6 Å². The average Bonchev–Trinajstić information content (AvgIpc) is 3.22. The van der Waals surface area contributed by atoms with E-state index >= 15 is 0 Å². The number of Topliss-reactive ketones (excluding diaryl/α,β-unsaturated/α-hetero) is 1. The Bertz CT molecular complexity index is 769. The standard InChI is InChI=1S/C16H16N4OS2/c17-20-15(14-9-5-10-22-14)18-19-16(20)23-11-4-8-13(21)12-6-2-1-3-7-12/h1-3,5-7,9-10H,4,8,11,17H2. The number of carbonyl (C=O) groups excluding carboxylic acids is 1. The highest BCUT2D eigenvalue weighted by molar-refractivity contribution is 7.99. The maximum atomic E-state index is 12.0. The molecule has 1 aromatic carbocycles. The lowest BCUT2D eigenvalue weighted by Gasteiger charge is -2.03. The Morgan fingerprint density at radius 3 is 2.74 bits per heavy atom. The summed E-state index contributed by atoms with van der Waals surface area (Å²) < 4.78 is 1.51. The summed E-state index contributed by atoms with van der Waals surface area (Å²) in [7, 11) is 0. The van der Waals surface area contributed by atoms with Gasteiger partial charge in [0.1, 0.15) is 0 Å². The Morgan fingerprint density at radius 1 is 1.17 bits per heavy atom. The lowest BCUT2D eigenvalue weighted by atomic mass is 10.1. The number of thioether (sulfide) groups is 1. The van der Waals surface area contributed by atoms with Crippen LogP contribution in [0.3, 0.4) is 0 Å². The highest BCUT2D eigenvalue weighted by Gasteiger charge is 2.13. The van der Waals surface area contributed by atoms with E-state index in [1.165, 1.54) is 16.4 Å². The quantitative estimate of drug-likeness (QED) is 0.307. The molecule has 2 aromatic heterocycles. The van der Waals surface area contributed by atoms with Crippen molar-refractivity contribution < 1.29 is 4.79 Å². The minimum absolute atomic E-state index is 0.166. The molecule has 0 aliphatic rings. The zero-order chi connectivity index (χ0) is 16.1. The van der Waals surface area contributed by atoms with E-state index in [1.807, 2.05) is 47.8 Å². The zero-order valence-electron chi connectivity index (χ0n) is 12.4. The van der Waals surface area contributed by atoms with Gasteiger partial charge in [-0.25, -0.2) is 4.68 Å². The monoisotopic (exact) mass is 344 g/mol. The number of hydrogen-bond acceptors (Lipinski definition) is 6. The third-order valence-electron chi connectivity index (χ3n) is 3.28. The molecule has 0 saturated heterocycles. The van der Waals surface area contributed by atoms with Gasteiger partial charge in [0.15, 0.2) is 11.6 Å². The summed E-state index contributed by atoms with van der Waals surface area (Å²) >= 11 is 3.10. The molecule has 23 heavy (non-hydrogen) atoms. The molecule has 0 atom stereocenters. The number of nitrogen functional groups attached to an aromatic ring is 1. The van der Waals surface area contributed by atoms with E-state index in [9.17, 15) is 4.79 Å². The molecule has 7 heteroatoms. The Labute approximate surface area is 142 Å². The first-order valence-electron chi connectivity index (χ1n) is 7.21. The Kier molecular flexibility index (Phi) is 5.09. The fraction of sp³-hybridized carbons (Fsp3) is 0.188. The highest BCUT2D eigenvalue weighted by atomic mass is 32.2. The fourth-order valence-corrected chi connectivity index (χ4v) is 3.61. The fourth-order valence-electron chi connectivity index (χ4n) is 2.11. The molecule has 3 aromatic rings. The average molecular weight is 344 g/mol. The van der Waals surface area contributed by atoms with E-state index in [4.69, 9.17) is 5.84 Å². The number of aromatic nitrogens is 3. The summed E-state index contributed by atoms with van der Waals surface area (Å²) in [5.74, 6) is 7.65. The maximum Gasteiger partial charge on any atom is 0.210 e. The topological polar surface area (TPSA) is 73.8 Å². The first-order chi connectivity index (χ1) is 11.3. The molecule has 5 nitrogen and oxygen atoms in total. The van der Waals surface area contributed by atoms with Crippen molar-refractivity contribution in [1.82, 2.24) is 14.9 Å². The van der Waals surface area contributed by atoms with Crippen LogP contribution in [0.1, 0.15) is 23.2 Å². The molecular weight excluding hydrogens is 328 g/mol. The van der Waals surface area contributed by atoms with Gasteiger partial charge in [-0.3, -0.25) is 4.79 Å². The van der Waals surface area contributed by atoms with Crippen LogP contribution in [-0.4, -0.2) is 26.4 Å². The van der Waals surface area contributed by atoms with Crippen molar-refractivity contribution in [2.24, 2.45) is 0 Å². The number of nitrogens with two attached hydrogens (primary N) is 1. The van der Waals surface area contributed by atoms with E-state index in [1.54, 1.807) is 11.3 Å². The predicted molar refractivity (Wildman–Crippen MR) is 94.2 cm³/mol. The normalized spacial score (nSPS) is 10.8. The number of ketones is 1. The summed E-state index contributed by atoms with van der Waals surface area (Å²) in [6.07, 6.45) is 1.30. The number of rotatable bonds is 7. The van der Waals surface area contributed by atoms with Crippen LogP contribution in [0.2, 0.25) is 0 Å². The molecule has 118 valence electrons. The molecule has 2 heterocycles. The predicted octanol–water partition coefficient (Wildman–Crippen LogP) is 3.48. The van der Waals surface area contributed by atoms with E-state index < -0.39 is 0 Å². The van der Waals surface area contributed by atoms with Gasteiger partial charge in [0, 0.05) is 17.7 Å². The van der Waals surface area contributed by atoms with Gasteiger partial charge in [0.05, 0.1) is 4.88 Å². The number of hydrogen-bond donors (Lipinski definition) is 1. The Hall–Kier alpha value is -2.12. The van der Waals surface area contributed by atoms with Crippen molar-refractivity contribution in [3.63, 3.8) is 0 Å². The second-order valence-corrected chi connectivity index (χ2v) is 6.90. The molecule has 0 fully saturated rings. The molecule has 0 amide bonds. The van der Waals surface area contributed by atoms with Crippen molar-refractivity contribution >= 4 is 28.9 Å². The molecule has 0 saturated carbocycles. The van der Waals surface area contributed by atoms with Gasteiger partial charge in [-0.05, 0) is 17.9 Å². The summed E-state index contributed by atoms with van der Waals surface area (Å²) in [6.45, 7) is 0. The second-order valence-electron chi connectivity index (χ2n) is 4.89. The minimum Gasteiger partial charge on any atom is -0.335 e. The lowest BCUT2D eigenvalue weighted by Crippen LogP contribution is -2.11. The molecule has 0 bridgehead atoms. The first kappa shape index (κ1) is 15.8. The molecule has 0 unspecified atom stereocenters. The van der Waals surface area contributed by atoms with Crippen LogP contribution in [0, 0.1) is 0 Å². The first-order valence-corrected chi connectivity index (χ1v) is 9.07. The molecule has 2 N–H and O–H groups in total. The molecule has 0 aliphatic heterocycles. The van der Waals surface area contributed by atoms with Crippen molar-refractivity contribution in [3.8, 4) is 10.7 Å². The third-order valence-corrected chi connectivity index (χ3v) is 5.18. The highest BCUT2D eigenvalue weighted by Crippen LogP contribution is 2.25. The largest absolute Gasteiger partial charge is 0.335 e. The Balaban J connectivity index is 1.51. The van der Waals surface area contributed by atoms with Crippen LogP contribution < -0.4 is 5.84 Å². The van der Waals surface area contributed by atoms with Crippen molar-refractivity contribution in [3.05, 3.63) is 53.4 Å². The van der Waals surface area contributed by atoms with Crippen LogP contribution in [0.15, 0.2) is 53.0 Å². The van der Waals surface area contributed by atoms with Crippen molar-refractivity contribution in [2.45, 2.75) is 18.0 Å². The Morgan fingerprint density at radius 2 is 2.00 bits per heavy atom. The van der Waals surface area contributed by atoms with Gasteiger partial charge in [-0.15, -0.1) is 21.5 Å². The molecule has 0 aliphatic carbocycles. The molecule has 0 spiro atoms. The van der Waals surface area contributed by atoms with Crippen LogP contribution in [0.5, 0.6) is 0 Å². The van der Waals surface area contributed by atoms with Crippen LogP contribution in [0.25, 0.3) is 10.7 Å². The number of thiophene rings is 1. The van der Waals surface area contributed by atoms with Gasteiger partial charge >= 0.3 is 0 Å². The third kappa shape index (κ3) is 3.80. The van der Waals surface area contributed by atoms with Gasteiger partial charge in [-0.1, -0.05) is 48.2 Å². The van der Waals surface area contributed by atoms with Crippen LogP contribution >= 0.6 is 23.1 Å². The maximum absolute atomic E-state index is 12.0. The van der Waals surface area contributed by atoms with Crippen molar-refractivity contribution in [1.29, 1.82) is 0 Å². The summed E-state index contributed by atoms with van der Waals surface area (Å²) in [6, 6.07) is 13.3. The van der Waals surface area contributed by atoms with E-state index in [0.29, 0.717) is 17.4 Å². The van der Waals surface area contributed by atoms with Crippen LogP contribution in [-0.2, 0) is 0 Å².